The van der Waals surface area contributed by atoms with Crippen molar-refractivity contribution in [1.29, 1.82) is 0 Å². The molecule has 4 heteroatoms. The van der Waals surface area contributed by atoms with Gasteiger partial charge in [0.1, 0.15) is 0 Å². The summed E-state index contributed by atoms with van der Waals surface area (Å²) in [6, 6.07) is 12.7. The zero-order valence-electron chi connectivity index (χ0n) is 10.8. The van der Waals surface area contributed by atoms with E-state index in [9.17, 15) is 0 Å². The summed E-state index contributed by atoms with van der Waals surface area (Å²) in [7, 11) is 0. The molecule has 2 aromatic heterocycles. The number of fused-ring (bicyclic) bond motifs is 1. The molecule has 2 nitrogen and oxygen atoms in total. The summed E-state index contributed by atoms with van der Waals surface area (Å²) in [6.45, 7) is 0.412. The number of hydrogen-bond donors (Lipinski definition) is 2. The van der Waals surface area contributed by atoms with Gasteiger partial charge in [-0.3, -0.25) is 0 Å². The van der Waals surface area contributed by atoms with Gasteiger partial charge >= 0.3 is 0 Å². The van der Waals surface area contributed by atoms with Crippen molar-refractivity contribution in [2.45, 2.75) is 10.8 Å². The number of H-pyrrole nitrogens is 1. The maximum absolute atomic E-state index is 5.38. The molecular weight excluding hydrogens is 284 g/mol. The minimum Gasteiger partial charge on any atom is -0.350 e. The first kappa shape index (κ1) is 13.3. The van der Waals surface area contributed by atoms with E-state index in [1.807, 2.05) is 11.8 Å². The molecule has 0 aliphatic heterocycles. The van der Waals surface area contributed by atoms with Crippen molar-refractivity contribution >= 4 is 34.0 Å². The van der Waals surface area contributed by atoms with Crippen molar-refractivity contribution in [3.05, 3.63) is 52.2 Å². The molecule has 20 heavy (non-hydrogen) atoms. The Bertz CT molecular complexity index is 741. The first-order chi connectivity index (χ1) is 9.85. The summed E-state index contributed by atoms with van der Waals surface area (Å²) < 4.78 is 0. The topological polar surface area (TPSA) is 41.8 Å². The van der Waals surface area contributed by atoms with Gasteiger partial charge < -0.3 is 10.7 Å². The minimum absolute atomic E-state index is 0.412. The molecule has 3 aromatic rings. The predicted molar refractivity (Wildman–Crippen MR) is 88.1 cm³/mol. The van der Waals surface area contributed by atoms with Gasteiger partial charge in [0.2, 0.25) is 0 Å². The van der Waals surface area contributed by atoms with E-state index in [1.54, 1.807) is 11.3 Å². The Morgan fingerprint density at radius 2 is 2.15 bits per heavy atom. The second kappa shape index (κ2) is 6.19. The number of hydrogen-bond acceptors (Lipinski definition) is 3. The van der Waals surface area contributed by atoms with Crippen LogP contribution in [0.1, 0.15) is 10.4 Å². The van der Waals surface area contributed by atoms with Crippen molar-refractivity contribution in [2.24, 2.45) is 5.73 Å². The summed E-state index contributed by atoms with van der Waals surface area (Å²) in [5, 5.41) is 4.55. The van der Waals surface area contributed by atoms with Crippen LogP contribution in [0.5, 0.6) is 0 Å². The average molecular weight is 298 g/mol. The Hall–Kier alpha value is -1.67. The van der Waals surface area contributed by atoms with E-state index in [1.165, 1.54) is 20.8 Å². The Kier molecular flexibility index (Phi) is 4.12. The summed E-state index contributed by atoms with van der Waals surface area (Å²) >= 11 is 3.57. The Balaban J connectivity index is 1.68. The van der Waals surface area contributed by atoms with Crippen LogP contribution in [0.3, 0.4) is 0 Å². The zero-order chi connectivity index (χ0) is 13.8. The molecular formula is C16H14N2S2. The van der Waals surface area contributed by atoms with Crippen LogP contribution in [-0.2, 0) is 5.75 Å². The highest BCUT2D eigenvalue weighted by Gasteiger charge is 2.03. The lowest BCUT2D eigenvalue weighted by molar-refractivity contribution is 1.23. The third-order valence-corrected chi connectivity index (χ3v) is 4.97. The zero-order valence-corrected chi connectivity index (χ0v) is 12.5. The third-order valence-electron chi connectivity index (χ3n) is 2.86. The van der Waals surface area contributed by atoms with E-state index in [2.05, 4.69) is 58.6 Å². The second-order valence-electron chi connectivity index (χ2n) is 4.32. The minimum atomic E-state index is 0.412. The van der Waals surface area contributed by atoms with E-state index >= 15 is 0 Å². The number of para-hydroxylation sites is 1. The summed E-state index contributed by atoms with van der Waals surface area (Å²) in [4.78, 5) is 4.76. The normalized spacial score (nSPS) is 10.4. The summed E-state index contributed by atoms with van der Waals surface area (Å²) in [6.07, 6.45) is 0. The van der Waals surface area contributed by atoms with Crippen molar-refractivity contribution in [3.8, 4) is 11.8 Å². The highest BCUT2D eigenvalue weighted by molar-refractivity contribution is 7.98. The third kappa shape index (κ3) is 3.07. The largest absolute Gasteiger partial charge is 0.350 e. The number of nitrogens with one attached hydrogen (secondary N) is 1. The second-order valence-corrected chi connectivity index (χ2v) is 6.33. The molecule has 2 heterocycles. The number of rotatable bonds is 3. The van der Waals surface area contributed by atoms with Crippen LogP contribution in [-0.4, -0.2) is 11.5 Å². The smallest absolute Gasteiger partial charge is 0.0736 e. The standard InChI is InChI=1S/C16H14N2S2/c17-7-3-4-12-8-14(19-10-12)11-20-16-9-13-5-1-2-6-15(13)18-16/h1-2,5-6,8-10,18H,7,11,17H2. The maximum Gasteiger partial charge on any atom is 0.0736 e. The molecule has 0 saturated carbocycles. The van der Waals surface area contributed by atoms with E-state index in [0.29, 0.717) is 6.54 Å². The Morgan fingerprint density at radius 1 is 1.25 bits per heavy atom. The van der Waals surface area contributed by atoms with Crippen LogP contribution >= 0.6 is 23.1 Å². The van der Waals surface area contributed by atoms with Crippen LogP contribution in [0.2, 0.25) is 0 Å². The van der Waals surface area contributed by atoms with Crippen molar-refractivity contribution in [1.82, 2.24) is 4.98 Å². The van der Waals surface area contributed by atoms with E-state index < -0.39 is 0 Å². The number of benzene rings is 1. The number of thiophene rings is 1. The fraction of sp³-hybridized carbons (Fsp3) is 0.125. The molecule has 1 aromatic carbocycles. The summed E-state index contributed by atoms with van der Waals surface area (Å²) in [5.41, 5.74) is 7.63. The van der Waals surface area contributed by atoms with Crippen molar-refractivity contribution < 1.29 is 0 Å². The fourth-order valence-electron chi connectivity index (χ4n) is 1.95. The maximum atomic E-state index is 5.38. The van der Waals surface area contributed by atoms with Gasteiger partial charge in [0.25, 0.3) is 0 Å². The number of aromatic nitrogens is 1. The molecule has 3 N–H and O–H groups in total. The van der Waals surface area contributed by atoms with Gasteiger partial charge in [-0.2, -0.15) is 0 Å². The SMILES string of the molecule is NCC#Cc1csc(CSc2cc3ccccc3[nH]2)c1. The molecule has 0 spiro atoms. The molecule has 0 unspecified atom stereocenters. The molecule has 0 aliphatic rings. The highest BCUT2D eigenvalue weighted by atomic mass is 32.2. The molecule has 0 atom stereocenters. The van der Waals surface area contributed by atoms with Crippen LogP contribution in [0.25, 0.3) is 10.9 Å². The van der Waals surface area contributed by atoms with Crippen molar-refractivity contribution in [2.75, 3.05) is 6.54 Å². The van der Waals surface area contributed by atoms with Crippen LogP contribution in [0.4, 0.5) is 0 Å². The van der Waals surface area contributed by atoms with Gasteiger partial charge in [-0.05, 0) is 18.2 Å². The molecule has 0 aliphatic carbocycles. The summed E-state index contributed by atoms with van der Waals surface area (Å²) in [5.74, 6) is 6.90. The van der Waals surface area contributed by atoms with E-state index in [4.69, 9.17) is 5.73 Å². The molecule has 3 rings (SSSR count). The van der Waals surface area contributed by atoms with Gasteiger partial charge in [0, 0.05) is 32.5 Å². The number of nitrogens with two attached hydrogens (primary N) is 1. The molecule has 100 valence electrons. The molecule has 0 amide bonds. The van der Waals surface area contributed by atoms with E-state index in [0.717, 1.165) is 11.3 Å². The predicted octanol–water partition coefficient (Wildman–Crippen LogP) is 3.83. The van der Waals surface area contributed by atoms with Gasteiger partial charge in [-0.1, -0.05) is 30.0 Å². The van der Waals surface area contributed by atoms with Gasteiger partial charge in [-0.25, -0.2) is 0 Å². The Morgan fingerprint density at radius 3 is 3.00 bits per heavy atom. The van der Waals surface area contributed by atoms with Crippen LogP contribution < -0.4 is 5.73 Å². The number of aromatic amines is 1. The lowest BCUT2D eigenvalue weighted by Crippen LogP contribution is -1.92. The van der Waals surface area contributed by atoms with Crippen molar-refractivity contribution in [3.63, 3.8) is 0 Å². The quantitative estimate of drug-likeness (QED) is 0.570. The van der Waals surface area contributed by atoms with E-state index in [-0.39, 0.29) is 0 Å². The monoisotopic (exact) mass is 298 g/mol. The Labute approximate surface area is 126 Å². The number of thioether (sulfide) groups is 1. The molecule has 0 radical (unpaired) electrons. The highest BCUT2D eigenvalue weighted by Crippen LogP contribution is 2.28. The van der Waals surface area contributed by atoms with Gasteiger partial charge in [-0.15, -0.1) is 23.1 Å². The average Bonchev–Trinajstić information content (AvgIpc) is 3.09. The first-order valence-corrected chi connectivity index (χ1v) is 8.18. The van der Waals surface area contributed by atoms with Crippen LogP contribution in [0, 0.1) is 11.8 Å². The fourth-order valence-corrected chi connectivity index (χ4v) is 3.77. The lowest BCUT2D eigenvalue weighted by Gasteiger charge is -1.94. The van der Waals surface area contributed by atoms with Crippen LogP contribution in [0.15, 0.2) is 46.8 Å². The molecule has 0 fully saturated rings. The lowest BCUT2D eigenvalue weighted by atomic mass is 10.3. The van der Waals surface area contributed by atoms with Gasteiger partial charge in [0.05, 0.1) is 11.6 Å². The molecule has 0 saturated heterocycles. The van der Waals surface area contributed by atoms with Gasteiger partial charge in [0.15, 0.2) is 0 Å². The molecule has 0 bridgehead atoms. The first-order valence-electron chi connectivity index (χ1n) is 6.32.